The van der Waals surface area contributed by atoms with Crippen LogP contribution in [0.15, 0.2) is 57.7 Å². The zero-order chi connectivity index (χ0) is 22.8. The highest BCUT2D eigenvalue weighted by molar-refractivity contribution is 6.31. The summed E-state index contributed by atoms with van der Waals surface area (Å²) < 4.78 is 11.7. The molecule has 1 amide bonds. The molecule has 0 fully saturated rings. The van der Waals surface area contributed by atoms with Gasteiger partial charge in [0.05, 0.1) is 11.4 Å². The van der Waals surface area contributed by atoms with Gasteiger partial charge in [-0.3, -0.25) is 4.79 Å². The SMILES string of the molecule is CC(C)[C@@H](NC(=O)OC(C)(C)C)c1oc2cc(Cl)ccc2c(=O)c1Cc1ccccc1. The molecule has 1 atom stereocenters. The topological polar surface area (TPSA) is 68.5 Å². The fourth-order valence-corrected chi connectivity index (χ4v) is 3.57. The maximum Gasteiger partial charge on any atom is 0.408 e. The van der Waals surface area contributed by atoms with Crippen LogP contribution in [0.3, 0.4) is 0 Å². The molecule has 3 rings (SSSR count). The molecule has 0 radical (unpaired) electrons. The molecule has 3 aromatic rings. The summed E-state index contributed by atoms with van der Waals surface area (Å²) in [5, 5.41) is 3.82. The number of hydrogen-bond acceptors (Lipinski definition) is 4. The second kappa shape index (κ2) is 9.15. The third kappa shape index (κ3) is 5.67. The molecular weight excluding hydrogens is 414 g/mol. The number of halogens is 1. The Bertz CT molecular complexity index is 1130. The first-order chi connectivity index (χ1) is 14.5. The third-order valence-electron chi connectivity index (χ3n) is 4.82. The second-order valence-corrected chi connectivity index (χ2v) is 9.38. The lowest BCUT2D eigenvalue weighted by atomic mass is 9.93. The van der Waals surface area contributed by atoms with E-state index in [0.717, 1.165) is 5.56 Å². The summed E-state index contributed by atoms with van der Waals surface area (Å²) in [7, 11) is 0. The van der Waals surface area contributed by atoms with Crippen molar-refractivity contribution in [2.45, 2.75) is 52.7 Å². The van der Waals surface area contributed by atoms with Gasteiger partial charge < -0.3 is 14.5 Å². The Kier molecular flexibility index (Phi) is 6.75. The number of alkyl carbamates (subject to hydrolysis) is 1. The van der Waals surface area contributed by atoms with E-state index in [9.17, 15) is 9.59 Å². The minimum absolute atomic E-state index is 0.0539. The van der Waals surface area contributed by atoms with Crippen LogP contribution in [0.2, 0.25) is 5.02 Å². The van der Waals surface area contributed by atoms with Crippen LogP contribution < -0.4 is 10.7 Å². The molecule has 1 N–H and O–H groups in total. The molecule has 0 aliphatic heterocycles. The van der Waals surface area contributed by atoms with Crippen molar-refractivity contribution < 1.29 is 13.9 Å². The molecule has 0 aliphatic rings. The van der Waals surface area contributed by atoms with Crippen LogP contribution in [0, 0.1) is 5.92 Å². The molecule has 164 valence electrons. The standard InChI is InChI=1S/C25H28ClNO4/c1-15(2)21(27-24(29)31-25(3,4)5)23-19(13-16-9-7-6-8-10-16)22(28)18-12-11-17(26)14-20(18)30-23/h6-12,14-15,21H,13H2,1-5H3,(H,27,29)/t21-/m1/s1. The summed E-state index contributed by atoms with van der Waals surface area (Å²) >= 11 is 6.14. The van der Waals surface area contributed by atoms with Crippen molar-refractivity contribution in [1.82, 2.24) is 5.32 Å². The Morgan fingerprint density at radius 3 is 2.42 bits per heavy atom. The Morgan fingerprint density at radius 2 is 1.81 bits per heavy atom. The van der Waals surface area contributed by atoms with Gasteiger partial charge in [0.1, 0.15) is 16.9 Å². The summed E-state index contributed by atoms with van der Waals surface area (Å²) in [6, 6.07) is 14.1. The lowest BCUT2D eigenvalue weighted by molar-refractivity contribution is 0.0481. The summed E-state index contributed by atoms with van der Waals surface area (Å²) in [6.45, 7) is 9.31. The van der Waals surface area contributed by atoms with Gasteiger partial charge in [0.15, 0.2) is 5.43 Å². The monoisotopic (exact) mass is 441 g/mol. The van der Waals surface area contributed by atoms with Crippen molar-refractivity contribution in [3.05, 3.63) is 80.7 Å². The first-order valence-corrected chi connectivity index (χ1v) is 10.7. The lowest BCUT2D eigenvalue weighted by Gasteiger charge is -2.26. The van der Waals surface area contributed by atoms with Gasteiger partial charge in [-0.05, 0) is 44.4 Å². The summed E-state index contributed by atoms with van der Waals surface area (Å²) in [4.78, 5) is 26.0. The van der Waals surface area contributed by atoms with Crippen molar-refractivity contribution in [3.63, 3.8) is 0 Å². The predicted molar refractivity (Wildman–Crippen MR) is 124 cm³/mol. The molecule has 0 unspecified atom stereocenters. The molecule has 0 aliphatic carbocycles. The third-order valence-corrected chi connectivity index (χ3v) is 5.06. The van der Waals surface area contributed by atoms with Crippen molar-refractivity contribution >= 4 is 28.7 Å². The first kappa shape index (κ1) is 22.9. The van der Waals surface area contributed by atoms with E-state index in [4.69, 9.17) is 20.8 Å². The zero-order valence-electron chi connectivity index (χ0n) is 18.5. The quantitative estimate of drug-likeness (QED) is 0.507. The fraction of sp³-hybridized carbons (Fsp3) is 0.360. The number of ether oxygens (including phenoxy) is 1. The van der Waals surface area contributed by atoms with Gasteiger partial charge in [0.2, 0.25) is 0 Å². The maximum atomic E-state index is 13.5. The number of hydrogen-bond donors (Lipinski definition) is 1. The number of carbonyl (C=O) groups is 1. The Hall–Kier alpha value is -2.79. The molecule has 0 spiro atoms. The average Bonchev–Trinajstić information content (AvgIpc) is 2.67. The molecule has 31 heavy (non-hydrogen) atoms. The van der Waals surface area contributed by atoms with E-state index in [-0.39, 0.29) is 11.3 Å². The van der Waals surface area contributed by atoms with Crippen LogP contribution >= 0.6 is 11.6 Å². The van der Waals surface area contributed by atoms with Crippen molar-refractivity contribution in [3.8, 4) is 0 Å². The van der Waals surface area contributed by atoms with Gasteiger partial charge in [-0.25, -0.2) is 4.79 Å². The van der Waals surface area contributed by atoms with Crippen molar-refractivity contribution in [2.24, 2.45) is 5.92 Å². The highest BCUT2D eigenvalue weighted by Gasteiger charge is 2.28. The molecule has 2 aromatic carbocycles. The van der Waals surface area contributed by atoms with Crippen LogP contribution in [0.4, 0.5) is 4.79 Å². The van der Waals surface area contributed by atoms with Crippen molar-refractivity contribution in [2.75, 3.05) is 0 Å². The molecule has 6 heteroatoms. The molecule has 0 bridgehead atoms. The van der Waals surface area contributed by atoms with Crippen LogP contribution in [-0.4, -0.2) is 11.7 Å². The summed E-state index contributed by atoms with van der Waals surface area (Å²) in [5.74, 6) is 0.367. The fourth-order valence-electron chi connectivity index (χ4n) is 3.41. The Labute approximate surface area is 187 Å². The first-order valence-electron chi connectivity index (χ1n) is 10.3. The largest absolute Gasteiger partial charge is 0.458 e. The van der Waals surface area contributed by atoms with E-state index in [1.165, 1.54) is 0 Å². The van der Waals surface area contributed by atoms with E-state index in [1.54, 1.807) is 39.0 Å². The predicted octanol–water partition coefficient (Wildman–Crippen LogP) is 6.26. The number of nitrogens with one attached hydrogen (secondary N) is 1. The number of amides is 1. The van der Waals surface area contributed by atoms with Gasteiger partial charge >= 0.3 is 6.09 Å². The summed E-state index contributed by atoms with van der Waals surface area (Å²) in [5.41, 5.74) is 1.10. The van der Waals surface area contributed by atoms with Gasteiger partial charge in [-0.1, -0.05) is 55.8 Å². The highest BCUT2D eigenvalue weighted by Crippen LogP contribution is 2.29. The van der Waals surface area contributed by atoms with Crippen LogP contribution in [0.25, 0.3) is 11.0 Å². The van der Waals surface area contributed by atoms with E-state index in [0.29, 0.717) is 33.7 Å². The molecule has 1 heterocycles. The van der Waals surface area contributed by atoms with E-state index < -0.39 is 17.7 Å². The zero-order valence-corrected chi connectivity index (χ0v) is 19.2. The molecule has 0 saturated carbocycles. The number of carbonyl (C=O) groups excluding carboxylic acids is 1. The highest BCUT2D eigenvalue weighted by atomic mass is 35.5. The van der Waals surface area contributed by atoms with Crippen LogP contribution in [0.1, 0.15) is 57.5 Å². The number of rotatable bonds is 5. The van der Waals surface area contributed by atoms with E-state index >= 15 is 0 Å². The molecule has 5 nitrogen and oxygen atoms in total. The Morgan fingerprint density at radius 1 is 1.13 bits per heavy atom. The van der Waals surface area contributed by atoms with Crippen LogP contribution in [0.5, 0.6) is 0 Å². The smallest absolute Gasteiger partial charge is 0.408 e. The van der Waals surface area contributed by atoms with E-state index in [2.05, 4.69) is 5.32 Å². The molecule has 1 aromatic heterocycles. The van der Waals surface area contributed by atoms with Gasteiger partial charge in [-0.2, -0.15) is 0 Å². The van der Waals surface area contributed by atoms with Gasteiger partial charge in [0.25, 0.3) is 0 Å². The van der Waals surface area contributed by atoms with E-state index in [1.807, 2.05) is 44.2 Å². The average molecular weight is 442 g/mol. The maximum absolute atomic E-state index is 13.5. The number of fused-ring (bicyclic) bond motifs is 1. The minimum Gasteiger partial charge on any atom is -0.458 e. The second-order valence-electron chi connectivity index (χ2n) is 8.94. The van der Waals surface area contributed by atoms with Crippen LogP contribution in [-0.2, 0) is 11.2 Å². The Balaban J connectivity index is 2.15. The molecular formula is C25H28ClNO4. The number of benzene rings is 2. The van der Waals surface area contributed by atoms with Gasteiger partial charge in [0, 0.05) is 23.1 Å². The normalized spacial score (nSPS) is 12.7. The lowest BCUT2D eigenvalue weighted by Crippen LogP contribution is -2.37. The minimum atomic E-state index is -0.643. The summed E-state index contributed by atoms with van der Waals surface area (Å²) in [6.07, 6.45) is -0.179. The van der Waals surface area contributed by atoms with Gasteiger partial charge in [-0.15, -0.1) is 0 Å². The molecule has 0 saturated heterocycles. The van der Waals surface area contributed by atoms with Crippen molar-refractivity contribution in [1.29, 1.82) is 0 Å².